The van der Waals surface area contributed by atoms with Gasteiger partial charge in [0.25, 0.3) is 0 Å². The van der Waals surface area contributed by atoms with Gasteiger partial charge in [0.1, 0.15) is 5.82 Å². The zero-order chi connectivity index (χ0) is 7.56. The number of halogens is 1. The first kappa shape index (κ1) is 6.95. The molecular formula is C6H6FNO2. The van der Waals surface area contributed by atoms with Gasteiger partial charge in [-0.25, -0.2) is 4.39 Å². The first-order valence-corrected chi connectivity index (χ1v) is 2.72. The molecular weight excluding hydrogens is 137 g/mol. The summed E-state index contributed by atoms with van der Waals surface area (Å²) in [4.78, 5) is 12.6. The molecule has 2 N–H and O–H groups in total. The predicted octanol–water partition coefficient (Wildman–Crippen LogP) is 0.00630. The Kier molecular flexibility index (Phi) is 1.82. The number of rotatable bonds is 1. The molecule has 54 valence electrons. The minimum Gasteiger partial charge on any atom is -0.392 e. The molecule has 0 aromatic carbocycles. The summed E-state index contributed by atoms with van der Waals surface area (Å²) in [6.45, 7) is -0.449. The summed E-state index contributed by atoms with van der Waals surface area (Å²) in [7, 11) is 0. The molecule has 0 saturated carbocycles. The highest BCUT2D eigenvalue weighted by atomic mass is 19.1. The van der Waals surface area contributed by atoms with E-state index >= 15 is 0 Å². The highest BCUT2D eigenvalue weighted by Gasteiger charge is 1.98. The van der Waals surface area contributed by atoms with Crippen LogP contribution in [-0.2, 0) is 6.61 Å². The lowest BCUT2D eigenvalue weighted by Gasteiger charge is -1.94. The molecule has 1 aromatic rings. The van der Waals surface area contributed by atoms with Crippen LogP contribution < -0.4 is 5.56 Å². The third kappa shape index (κ3) is 1.22. The molecule has 1 aromatic heterocycles. The van der Waals surface area contributed by atoms with Crippen molar-refractivity contribution in [2.45, 2.75) is 6.61 Å². The Hall–Kier alpha value is -1.16. The molecule has 0 aliphatic heterocycles. The van der Waals surface area contributed by atoms with Crippen LogP contribution in [0.15, 0.2) is 17.1 Å². The molecule has 3 nitrogen and oxygen atoms in total. The van der Waals surface area contributed by atoms with E-state index in [2.05, 4.69) is 4.98 Å². The Balaban J connectivity index is 3.22. The summed E-state index contributed by atoms with van der Waals surface area (Å²) in [6, 6.07) is 1.02. The normalized spacial score (nSPS) is 9.80. The average Bonchev–Trinajstić information content (AvgIpc) is 1.94. The maximum Gasteiger partial charge on any atom is 0.248 e. The molecule has 0 spiro atoms. The van der Waals surface area contributed by atoms with Gasteiger partial charge in [0.2, 0.25) is 5.56 Å². The van der Waals surface area contributed by atoms with Crippen LogP contribution in [-0.4, -0.2) is 10.1 Å². The van der Waals surface area contributed by atoms with Gasteiger partial charge in [-0.05, 0) is 0 Å². The summed E-state index contributed by atoms with van der Waals surface area (Å²) in [5.41, 5.74) is -0.394. The van der Waals surface area contributed by atoms with E-state index in [-0.39, 0.29) is 5.56 Å². The second kappa shape index (κ2) is 2.62. The highest BCUT2D eigenvalue weighted by molar-refractivity contribution is 5.10. The Morgan fingerprint density at radius 2 is 2.40 bits per heavy atom. The zero-order valence-electron chi connectivity index (χ0n) is 5.10. The third-order valence-electron chi connectivity index (χ3n) is 1.12. The summed E-state index contributed by atoms with van der Waals surface area (Å²) in [6.07, 6.45) is 0.924. The van der Waals surface area contributed by atoms with E-state index in [0.29, 0.717) is 0 Å². The molecule has 0 saturated heterocycles. The van der Waals surface area contributed by atoms with Crippen LogP contribution in [0, 0.1) is 5.82 Å². The average molecular weight is 143 g/mol. The van der Waals surface area contributed by atoms with Crippen LogP contribution in [0.3, 0.4) is 0 Å². The Morgan fingerprint density at radius 1 is 1.70 bits per heavy atom. The van der Waals surface area contributed by atoms with Crippen molar-refractivity contribution in [3.8, 4) is 0 Å². The fourth-order valence-electron chi connectivity index (χ4n) is 0.617. The van der Waals surface area contributed by atoms with Gasteiger partial charge in [-0.15, -0.1) is 0 Å². The van der Waals surface area contributed by atoms with Gasteiger partial charge in [-0.2, -0.15) is 0 Å². The van der Waals surface area contributed by atoms with Crippen LogP contribution in [0.5, 0.6) is 0 Å². The predicted molar refractivity (Wildman–Crippen MR) is 32.9 cm³/mol. The second-order valence-corrected chi connectivity index (χ2v) is 1.83. The maximum absolute atomic E-state index is 12.4. The number of aromatic nitrogens is 1. The molecule has 0 aliphatic carbocycles. The van der Waals surface area contributed by atoms with Crippen LogP contribution >= 0.6 is 0 Å². The first-order chi connectivity index (χ1) is 4.74. The molecule has 0 bridgehead atoms. The van der Waals surface area contributed by atoms with Crippen molar-refractivity contribution in [3.63, 3.8) is 0 Å². The molecule has 0 radical (unpaired) electrons. The van der Waals surface area contributed by atoms with Crippen molar-refractivity contribution in [1.82, 2.24) is 4.98 Å². The van der Waals surface area contributed by atoms with Crippen molar-refractivity contribution >= 4 is 0 Å². The summed E-state index contributed by atoms with van der Waals surface area (Å²) in [5.74, 6) is -0.595. The van der Waals surface area contributed by atoms with E-state index < -0.39 is 18.0 Å². The van der Waals surface area contributed by atoms with Gasteiger partial charge in [0.05, 0.1) is 6.61 Å². The Labute approximate surface area is 56.1 Å². The maximum atomic E-state index is 12.4. The number of nitrogens with one attached hydrogen (secondary N) is 1. The number of aliphatic hydroxyl groups excluding tert-OH is 1. The van der Waals surface area contributed by atoms with Gasteiger partial charge >= 0.3 is 0 Å². The fraction of sp³-hybridized carbons (Fsp3) is 0.167. The molecule has 1 heterocycles. The lowest BCUT2D eigenvalue weighted by Crippen LogP contribution is -2.06. The number of aromatic amines is 1. The Bertz CT molecular complexity index is 281. The van der Waals surface area contributed by atoms with Crippen molar-refractivity contribution < 1.29 is 9.50 Å². The summed E-state index contributed by atoms with van der Waals surface area (Å²) >= 11 is 0. The Morgan fingerprint density at radius 3 is 2.90 bits per heavy atom. The summed E-state index contributed by atoms with van der Waals surface area (Å²) in [5, 5.41) is 8.45. The van der Waals surface area contributed by atoms with E-state index in [9.17, 15) is 9.18 Å². The lowest BCUT2D eigenvalue weighted by atomic mass is 10.3. The monoisotopic (exact) mass is 143 g/mol. The van der Waals surface area contributed by atoms with Crippen LogP contribution in [0.25, 0.3) is 0 Å². The first-order valence-electron chi connectivity index (χ1n) is 2.72. The molecule has 0 aliphatic rings. The minimum absolute atomic E-state index is 0.0174. The summed E-state index contributed by atoms with van der Waals surface area (Å²) < 4.78 is 12.4. The van der Waals surface area contributed by atoms with Crippen molar-refractivity contribution in [3.05, 3.63) is 34.0 Å². The number of pyridine rings is 1. The van der Waals surface area contributed by atoms with Crippen LogP contribution in [0.1, 0.15) is 5.56 Å². The number of aliphatic hydroxyl groups is 1. The van der Waals surface area contributed by atoms with Gasteiger partial charge in [-0.1, -0.05) is 0 Å². The number of hydrogen-bond donors (Lipinski definition) is 2. The second-order valence-electron chi connectivity index (χ2n) is 1.83. The smallest absolute Gasteiger partial charge is 0.248 e. The highest BCUT2D eigenvalue weighted by Crippen LogP contribution is 1.99. The minimum atomic E-state index is -0.595. The van der Waals surface area contributed by atoms with E-state index in [4.69, 9.17) is 5.11 Å². The van der Waals surface area contributed by atoms with Crippen molar-refractivity contribution in [1.29, 1.82) is 0 Å². The van der Waals surface area contributed by atoms with Crippen LogP contribution in [0.4, 0.5) is 4.39 Å². The standard InChI is InChI=1S/C6H6FNO2/c7-5-2-8-6(10)1-4(5)3-9/h1-2,9H,3H2,(H,8,10). The SMILES string of the molecule is O=c1cc(CO)c(F)c[nH]1. The lowest BCUT2D eigenvalue weighted by molar-refractivity contribution is 0.275. The molecule has 0 fully saturated rings. The van der Waals surface area contributed by atoms with Gasteiger partial charge in [0.15, 0.2) is 0 Å². The molecule has 0 atom stereocenters. The van der Waals surface area contributed by atoms with Gasteiger partial charge in [0, 0.05) is 17.8 Å². The van der Waals surface area contributed by atoms with E-state index in [0.717, 1.165) is 12.3 Å². The molecule has 0 amide bonds. The number of hydrogen-bond acceptors (Lipinski definition) is 2. The van der Waals surface area contributed by atoms with E-state index in [1.807, 2.05) is 0 Å². The van der Waals surface area contributed by atoms with Crippen molar-refractivity contribution in [2.75, 3.05) is 0 Å². The molecule has 10 heavy (non-hydrogen) atoms. The fourth-order valence-corrected chi connectivity index (χ4v) is 0.617. The number of H-pyrrole nitrogens is 1. The van der Waals surface area contributed by atoms with E-state index in [1.54, 1.807) is 0 Å². The quantitative estimate of drug-likeness (QED) is 0.581. The van der Waals surface area contributed by atoms with Crippen LogP contribution in [0.2, 0.25) is 0 Å². The molecule has 1 rings (SSSR count). The van der Waals surface area contributed by atoms with E-state index in [1.165, 1.54) is 0 Å². The zero-order valence-corrected chi connectivity index (χ0v) is 5.10. The molecule has 4 heteroatoms. The molecule has 0 unspecified atom stereocenters. The largest absolute Gasteiger partial charge is 0.392 e. The topological polar surface area (TPSA) is 53.1 Å². The van der Waals surface area contributed by atoms with Gasteiger partial charge in [-0.3, -0.25) is 4.79 Å². The third-order valence-corrected chi connectivity index (χ3v) is 1.12. The van der Waals surface area contributed by atoms with Crippen molar-refractivity contribution in [2.24, 2.45) is 0 Å². The van der Waals surface area contributed by atoms with Gasteiger partial charge < -0.3 is 10.1 Å².